The van der Waals surface area contributed by atoms with Gasteiger partial charge in [-0.3, -0.25) is 19.5 Å². The minimum Gasteiger partial charge on any atom is -0.508 e. The molecule has 5 aliphatic rings. The van der Waals surface area contributed by atoms with Crippen molar-refractivity contribution in [2.75, 3.05) is 18.2 Å². The molecule has 1 heterocycles. The molecule has 0 amide bonds. The van der Waals surface area contributed by atoms with Crippen molar-refractivity contribution in [3.63, 3.8) is 0 Å². The van der Waals surface area contributed by atoms with Gasteiger partial charge in [0.1, 0.15) is 18.5 Å². The molecular weight excluding hydrogens is 484 g/mol. The monoisotopic (exact) mass is 515 g/mol. The van der Waals surface area contributed by atoms with Gasteiger partial charge in [0.2, 0.25) is 0 Å². The van der Waals surface area contributed by atoms with Crippen LogP contribution in [0.2, 0.25) is 0 Å². The van der Waals surface area contributed by atoms with E-state index >= 15 is 8.78 Å². The number of aliphatic hydroxyl groups is 2. The Morgan fingerprint density at radius 2 is 1.89 bits per heavy atom. The van der Waals surface area contributed by atoms with E-state index in [0.717, 1.165) is 6.08 Å². The van der Waals surface area contributed by atoms with Crippen LogP contribution in [0.5, 0.6) is 5.75 Å². The molecule has 37 heavy (non-hydrogen) atoms. The number of Topliss-reactive ketones (excluding diaryl/α,β-unsaturated/α-hetero) is 1. The maximum Gasteiger partial charge on any atom is 0.193 e. The average molecular weight is 516 g/mol. The summed E-state index contributed by atoms with van der Waals surface area (Å²) in [6, 6.07) is 6.29. The summed E-state index contributed by atoms with van der Waals surface area (Å²) in [5, 5.41) is 32.8. The molecule has 3 saturated carbocycles. The molecule has 0 radical (unpaired) electrons. The molecule has 1 aromatic rings. The van der Waals surface area contributed by atoms with Crippen molar-refractivity contribution >= 4 is 17.3 Å². The lowest BCUT2D eigenvalue weighted by atomic mass is 9.44. The van der Waals surface area contributed by atoms with Gasteiger partial charge < -0.3 is 15.3 Å². The van der Waals surface area contributed by atoms with Crippen LogP contribution in [-0.2, 0) is 14.4 Å². The SMILES string of the molecule is C[C@]12C=CC(=O)C=C1[C@@H](F)C[C@H]1C3C[C@H]4CN(c5ccc(O)cc5)O[C@@]4(C(=O)CO)[C@@]3(C)C[C@H](O)[C@@]12F. The predicted octanol–water partition coefficient (Wildman–Crippen LogP) is 2.99. The minimum absolute atomic E-state index is 0.0514. The van der Waals surface area contributed by atoms with E-state index < -0.39 is 70.3 Å². The van der Waals surface area contributed by atoms with E-state index in [0.29, 0.717) is 12.1 Å². The summed E-state index contributed by atoms with van der Waals surface area (Å²) >= 11 is 0. The van der Waals surface area contributed by atoms with E-state index in [1.807, 2.05) is 0 Å². The van der Waals surface area contributed by atoms with Gasteiger partial charge >= 0.3 is 0 Å². The fraction of sp³-hybridized carbons (Fsp3) is 0.571. The first kappa shape index (κ1) is 24.7. The van der Waals surface area contributed by atoms with E-state index in [-0.39, 0.29) is 30.7 Å². The number of rotatable bonds is 3. The molecule has 1 aliphatic heterocycles. The van der Waals surface area contributed by atoms with Crippen LogP contribution in [-0.4, -0.2) is 63.6 Å². The number of ketones is 2. The molecule has 0 spiro atoms. The first-order valence-corrected chi connectivity index (χ1v) is 12.8. The number of carbonyl (C=O) groups excluding carboxylic acids is 2. The number of anilines is 1. The second-order valence-electron chi connectivity index (χ2n) is 11.8. The molecular formula is C28H31F2NO6. The molecule has 9 heteroatoms. The number of hydrogen-bond donors (Lipinski definition) is 3. The molecule has 3 N–H and O–H groups in total. The molecule has 4 aliphatic carbocycles. The van der Waals surface area contributed by atoms with Gasteiger partial charge in [-0.2, -0.15) is 0 Å². The van der Waals surface area contributed by atoms with Crippen LogP contribution in [0.25, 0.3) is 0 Å². The number of alkyl halides is 2. The number of carbonyl (C=O) groups is 2. The van der Waals surface area contributed by atoms with Crippen molar-refractivity contribution in [3.05, 3.63) is 48.1 Å². The fourth-order valence-electron chi connectivity index (χ4n) is 8.64. The Balaban J connectivity index is 1.44. The van der Waals surface area contributed by atoms with Crippen LogP contribution in [0.1, 0.15) is 33.1 Å². The van der Waals surface area contributed by atoms with Crippen molar-refractivity contribution in [1.29, 1.82) is 0 Å². The normalized spacial score (nSPS) is 46.1. The van der Waals surface area contributed by atoms with Crippen LogP contribution in [0.15, 0.2) is 48.1 Å². The first-order chi connectivity index (χ1) is 17.4. The van der Waals surface area contributed by atoms with Crippen LogP contribution in [0, 0.1) is 28.6 Å². The summed E-state index contributed by atoms with van der Waals surface area (Å²) in [6.45, 7) is 2.82. The van der Waals surface area contributed by atoms with Gasteiger partial charge in [0.05, 0.1) is 18.3 Å². The van der Waals surface area contributed by atoms with E-state index in [1.165, 1.54) is 24.3 Å². The Hall–Kier alpha value is -2.62. The molecule has 0 bridgehead atoms. The maximum atomic E-state index is 17.4. The Morgan fingerprint density at radius 1 is 1.19 bits per heavy atom. The lowest BCUT2D eigenvalue weighted by Gasteiger charge is -2.63. The molecule has 6 rings (SSSR count). The second kappa shape index (κ2) is 7.71. The number of fused-ring (bicyclic) bond motifs is 7. The highest BCUT2D eigenvalue weighted by Gasteiger charge is 2.79. The van der Waals surface area contributed by atoms with Crippen LogP contribution >= 0.6 is 0 Å². The van der Waals surface area contributed by atoms with E-state index in [1.54, 1.807) is 31.0 Å². The number of nitrogens with zero attached hydrogens (tertiary/aromatic N) is 1. The zero-order valence-corrected chi connectivity index (χ0v) is 20.7. The number of hydrogen-bond acceptors (Lipinski definition) is 7. The second-order valence-corrected chi connectivity index (χ2v) is 11.8. The van der Waals surface area contributed by atoms with E-state index in [4.69, 9.17) is 4.84 Å². The molecule has 1 aromatic carbocycles. The van der Waals surface area contributed by atoms with Gasteiger partial charge in [-0.15, -0.1) is 0 Å². The Kier molecular flexibility index (Phi) is 5.15. The first-order valence-electron chi connectivity index (χ1n) is 12.8. The zero-order valence-electron chi connectivity index (χ0n) is 20.7. The lowest BCUT2D eigenvalue weighted by molar-refractivity contribution is -0.228. The smallest absolute Gasteiger partial charge is 0.193 e. The number of halogens is 2. The maximum absolute atomic E-state index is 17.4. The van der Waals surface area contributed by atoms with Crippen molar-refractivity contribution in [2.45, 2.75) is 56.7 Å². The third kappa shape index (κ3) is 2.85. The van der Waals surface area contributed by atoms with E-state index in [2.05, 4.69) is 0 Å². The Labute approximate surface area is 213 Å². The largest absolute Gasteiger partial charge is 0.508 e. The zero-order chi connectivity index (χ0) is 26.5. The number of phenolic OH excluding ortho intramolecular Hbond substituents is 1. The predicted molar refractivity (Wildman–Crippen MR) is 129 cm³/mol. The number of aromatic hydroxyl groups is 1. The van der Waals surface area contributed by atoms with Gasteiger partial charge in [0.15, 0.2) is 22.8 Å². The van der Waals surface area contributed by atoms with Gasteiger partial charge in [-0.25, -0.2) is 8.78 Å². The topological polar surface area (TPSA) is 107 Å². The number of allylic oxidation sites excluding steroid dienone is 4. The molecule has 0 aromatic heterocycles. The average Bonchev–Trinajstić information content (AvgIpc) is 3.36. The summed E-state index contributed by atoms with van der Waals surface area (Å²) in [6.07, 6.45) is 0.660. The quantitative estimate of drug-likeness (QED) is 0.568. The van der Waals surface area contributed by atoms with Crippen molar-refractivity contribution < 1.29 is 38.5 Å². The summed E-state index contributed by atoms with van der Waals surface area (Å²) in [7, 11) is 0. The van der Waals surface area contributed by atoms with Crippen molar-refractivity contribution in [1.82, 2.24) is 0 Å². The molecule has 7 nitrogen and oxygen atoms in total. The summed E-state index contributed by atoms with van der Waals surface area (Å²) in [5.74, 6) is -2.76. The standard InChI is InChI=1S/C28H31F2NO6/c1-25-8-7-18(34)10-21(25)22(29)11-20-19-9-15-13-31(16-3-5-17(33)6-4-16)37-28(15,24(36)14-32)26(19,2)12-23(35)27(20,25)30/h3-8,10,15,19-20,22-23,32-33,35H,9,11-14H2,1-2H3/t15-,19?,20-,22-,23-,25-,26-,27-,28-/m0/s1. The number of phenols is 1. The Bertz CT molecular complexity index is 1230. The third-order valence-electron chi connectivity index (χ3n) is 10.3. The number of benzene rings is 1. The van der Waals surface area contributed by atoms with E-state index in [9.17, 15) is 24.9 Å². The highest BCUT2D eigenvalue weighted by atomic mass is 19.1. The summed E-state index contributed by atoms with van der Waals surface area (Å²) < 4.78 is 33.0. The minimum atomic E-state index is -2.25. The highest BCUT2D eigenvalue weighted by Crippen LogP contribution is 2.72. The molecule has 1 unspecified atom stereocenters. The van der Waals surface area contributed by atoms with Gasteiger partial charge in [0.25, 0.3) is 0 Å². The van der Waals surface area contributed by atoms with Crippen molar-refractivity contribution in [3.8, 4) is 5.75 Å². The van der Waals surface area contributed by atoms with Crippen LogP contribution < -0.4 is 5.06 Å². The highest BCUT2D eigenvalue weighted by molar-refractivity contribution is 6.01. The third-order valence-corrected chi connectivity index (χ3v) is 10.3. The van der Waals surface area contributed by atoms with Crippen molar-refractivity contribution in [2.24, 2.45) is 28.6 Å². The molecule has 4 fully saturated rings. The van der Waals surface area contributed by atoms with Gasteiger partial charge in [-0.1, -0.05) is 13.0 Å². The lowest BCUT2D eigenvalue weighted by Crippen LogP contribution is -2.70. The van der Waals surface area contributed by atoms with Crippen LogP contribution in [0.3, 0.4) is 0 Å². The molecule has 1 saturated heterocycles. The van der Waals surface area contributed by atoms with Gasteiger partial charge in [0, 0.05) is 22.7 Å². The number of hydroxylamine groups is 1. The summed E-state index contributed by atoms with van der Waals surface area (Å²) in [5.41, 5.74) is -5.72. The Morgan fingerprint density at radius 3 is 2.57 bits per heavy atom. The fourth-order valence-corrected chi connectivity index (χ4v) is 8.64. The van der Waals surface area contributed by atoms with Gasteiger partial charge in [-0.05, 0) is 74.1 Å². The molecule has 9 atom stereocenters. The van der Waals surface area contributed by atoms with Crippen LogP contribution in [0.4, 0.5) is 14.5 Å². The number of aliphatic hydroxyl groups excluding tert-OH is 2. The summed E-state index contributed by atoms with van der Waals surface area (Å²) in [4.78, 5) is 31.9. The molecule has 198 valence electrons.